The summed E-state index contributed by atoms with van der Waals surface area (Å²) in [6, 6.07) is 13.5. The van der Waals surface area contributed by atoms with Crippen molar-refractivity contribution in [3.63, 3.8) is 0 Å². The largest absolute Gasteiger partial charge is 0.466 e. The number of esters is 2. The minimum atomic E-state index is -1.04. The maximum absolute atomic E-state index is 11.6. The zero-order valence-electron chi connectivity index (χ0n) is 13.0. The van der Waals surface area contributed by atoms with Gasteiger partial charge in [0.1, 0.15) is 0 Å². The molecule has 1 unspecified atom stereocenters. The fourth-order valence-electron chi connectivity index (χ4n) is 2.07. The Balaban J connectivity index is 2.39. The van der Waals surface area contributed by atoms with Crippen LogP contribution in [0.4, 0.5) is 0 Å². The summed E-state index contributed by atoms with van der Waals surface area (Å²) in [7, 11) is 1.23. The van der Waals surface area contributed by atoms with Gasteiger partial charge in [-0.3, -0.25) is 4.79 Å². The molecule has 0 bridgehead atoms. The first-order valence-corrected chi connectivity index (χ1v) is 6.96. The number of rotatable bonds is 3. The lowest BCUT2D eigenvalue weighted by molar-refractivity contribution is -0.144. The van der Waals surface area contributed by atoms with E-state index < -0.39 is 18.0 Å². The molecule has 2 aromatic rings. The number of ether oxygens (including phenoxy) is 2. The van der Waals surface area contributed by atoms with Crippen molar-refractivity contribution in [2.75, 3.05) is 7.11 Å². The molecule has 4 heteroatoms. The van der Waals surface area contributed by atoms with E-state index in [1.165, 1.54) is 14.0 Å². The third kappa shape index (κ3) is 3.98. The van der Waals surface area contributed by atoms with Gasteiger partial charge >= 0.3 is 11.9 Å². The first-order chi connectivity index (χ1) is 11.0. The van der Waals surface area contributed by atoms with Crippen molar-refractivity contribution >= 4 is 22.7 Å². The number of carbonyl (C=O) groups is 2. The van der Waals surface area contributed by atoms with E-state index in [1.54, 1.807) is 0 Å². The smallest absolute Gasteiger partial charge is 0.337 e. The standard InChI is InChI=1S/C19H16O4/c1-13(19(21)22-3)18(23-14(2)20)12-11-16-9-6-8-15-7-4-5-10-17(15)16/h4-10,18H,1H2,2-3H3. The maximum atomic E-state index is 11.6. The molecular weight excluding hydrogens is 292 g/mol. The molecule has 23 heavy (non-hydrogen) atoms. The maximum Gasteiger partial charge on any atom is 0.337 e. The zero-order valence-corrected chi connectivity index (χ0v) is 13.0. The number of hydrogen-bond donors (Lipinski definition) is 0. The highest BCUT2D eigenvalue weighted by Crippen LogP contribution is 2.17. The van der Waals surface area contributed by atoms with Crippen LogP contribution in [0, 0.1) is 11.8 Å². The molecule has 0 amide bonds. The van der Waals surface area contributed by atoms with Gasteiger partial charge in [0.2, 0.25) is 0 Å². The van der Waals surface area contributed by atoms with Gasteiger partial charge in [0.15, 0.2) is 6.10 Å². The summed E-state index contributed by atoms with van der Waals surface area (Å²) in [6.07, 6.45) is -1.04. The molecule has 2 rings (SSSR count). The molecule has 2 aromatic carbocycles. The summed E-state index contributed by atoms with van der Waals surface area (Å²) in [5.41, 5.74) is 0.758. The molecule has 0 radical (unpaired) electrons. The molecule has 0 aliphatic rings. The Bertz CT molecular complexity index is 819. The second kappa shape index (κ2) is 7.28. The lowest BCUT2D eigenvalue weighted by Crippen LogP contribution is -2.22. The van der Waals surface area contributed by atoms with E-state index in [-0.39, 0.29) is 5.57 Å². The highest BCUT2D eigenvalue weighted by Gasteiger charge is 2.20. The van der Waals surface area contributed by atoms with Crippen molar-refractivity contribution in [1.29, 1.82) is 0 Å². The van der Waals surface area contributed by atoms with Crippen LogP contribution in [0.5, 0.6) is 0 Å². The van der Waals surface area contributed by atoms with Crippen molar-refractivity contribution in [1.82, 2.24) is 0 Å². The van der Waals surface area contributed by atoms with Gasteiger partial charge in [-0.15, -0.1) is 0 Å². The zero-order chi connectivity index (χ0) is 16.8. The molecule has 4 nitrogen and oxygen atoms in total. The summed E-state index contributed by atoms with van der Waals surface area (Å²) in [5, 5.41) is 2.03. The first-order valence-electron chi connectivity index (χ1n) is 6.96. The van der Waals surface area contributed by atoms with Gasteiger partial charge in [-0.1, -0.05) is 48.9 Å². The summed E-state index contributed by atoms with van der Waals surface area (Å²) < 4.78 is 9.66. The van der Waals surface area contributed by atoms with Crippen molar-refractivity contribution in [3.05, 3.63) is 60.2 Å². The SMILES string of the molecule is C=C(C(=O)OC)C(C#Cc1cccc2ccccc12)OC(C)=O. The molecular formula is C19H16O4. The lowest BCUT2D eigenvalue weighted by Gasteiger charge is -2.12. The normalized spacial score (nSPS) is 11.0. The van der Waals surface area contributed by atoms with Crippen molar-refractivity contribution in [2.45, 2.75) is 13.0 Å². The quantitative estimate of drug-likeness (QED) is 0.497. The van der Waals surface area contributed by atoms with Crippen LogP contribution in [0.2, 0.25) is 0 Å². The second-order valence-corrected chi connectivity index (χ2v) is 4.80. The Morgan fingerprint density at radius 2 is 1.83 bits per heavy atom. The molecule has 116 valence electrons. The fourth-order valence-corrected chi connectivity index (χ4v) is 2.07. The van der Waals surface area contributed by atoms with Crippen LogP contribution in [-0.4, -0.2) is 25.2 Å². The Kier molecular flexibility index (Phi) is 5.16. The van der Waals surface area contributed by atoms with Gasteiger partial charge in [0.25, 0.3) is 0 Å². The van der Waals surface area contributed by atoms with Gasteiger partial charge in [-0.05, 0) is 22.8 Å². The van der Waals surface area contributed by atoms with Crippen LogP contribution in [-0.2, 0) is 19.1 Å². The second-order valence-electron chi connectivity index (χ2n) is 4.80. The minimum Gasteiger partial charge on any atom is -0.466 e. The lowest BCUT2D eigenvalue weighted by atomic mass is 10.0. The molecule has 0 aromatic heterocycles. The summed E-state index contributed by atoms with van der Waals surface area (Å²) in [6.45, 7) is 4.85. The number of benzene rings is 2. The van der Waals surface area contributed by atoms with Gasteiger partial charge < -0.3 is 9.47 Å². The number of methoxy groups -OCH3 is 1. The fraction of sp³-hybridized carbons (Fsp3) is 0.158. The predicted octanol–water partition coefficient (Wildman–Crippen LogP) is 2.85. The predicted molar refractivity (Wildman–Crippen MR) is 87.5 cm³/mol. The molecule has 0 heterocycles. The highest BCUT2D eigenvalue weighted by atomic mass is 16.6. The summed E-state index contributed by atoms with van der Waals surface area (Å²) >= 11 is 0. The topological polar surface area (TPSA) is 52.6 Å². The van der Waals surface area contributed by atoms with Crippen molar-refractivity contribution in [3.8, 4) is 11.8 Å². The van der Waals surface area contributed by atoms with Gasteiger partial charge in [0, 0.05) is 12.5 Å². The van der Waals surface area contributed by atoms with Crippen LogP contribution in [0.3, 0.4) is 0 Å². The highest BCUT2D eigenvalue weighted by molar-refractivity contribution is 5.91. The third-order valence-corrected chi connectivity index (χ3v) is 3.18. The molecule has 0 aliphatic heterocycles. The van der Waals surface area contributed by atoms with E-state index in [0.29, 0.717) is 0 Å². The molecule has 1 atom stereocenters. The third-order valence-electron chi connectivity index (χ3n) is 3.18. The Hall–Kier alpha value is -3.06. The average molecular weight is 308 g/mol. The van der Waals surface area contributed by atoms with E-state index in [1.807, 2.05) is 42.5 Å². The van der Waals surface area contributed by atoms with E-state index in [2.05, 4.69) is 23.2 Å². The number of hydrogen-bond acceptors (Lipinski definition) is 4. The van der Waals surface area contributed by atoms with Gasteiger partial charge in [0.05, 0.1) is 12.7 Å². The average Bonchev–Trinajstić information content (AvgIpc) is 2.56. The van der Waals surface area contributed by atoms with Crippen LogP contribution < -0.4 is 0 Å². The first kappa shape index (κ1) is 16.3. The molecule has 0 N–H and O–H groups in total. The van der Waals surface area contributed by atoms with Gasteiger partial charge in [-0.2, -0.15) is 0 Å². The van der Waals surface area contributed by atoms with E-state index >= 15 is 0 Å². The van der Waals surface area contributed by atoms with E-state index in [0.717, 1.165) is 16.3 Å². The van der Waals surface area contributed by atoms with Crippen molar-refractivity contribution < 1.29 is 19.1 Å². The Morgan fingerprint density at radius 1 is 1.13 bits per heavy atom. The van der Waals surface area contributed by atoms with Crippen LogP contribution in [0.25, 0.3) is 10.8 Å². The monoisotopic (exact) mass is 308 g/mol. The molecule has 0 aliphatic carbocycles. The summed E-state index contributed by atoms with van der Waals surface area (Å²) in [5.74, 6) is 4.53. The molecule has 0 saturated heterocycles. The molecule has 0 fully saturated rings. The van der Waals surface area contributed by atoms with E-state index in [4.69, 9.17) is 4.74 Å². The van der Waals surface area contributed by atoms with Gasteiger partial charge in [-0.25, -0.2) is 4.79 Å². The van der Waals surface area contributed by atoms with Crippen LogP contribution >= 0.6 is 0 Å². The van der Waals surface area contributed by atoms with E-state index in [9.17, 15) is 9.59 Å². The summed E-state index contributed by atoms with van der Waals surface area (Å²) in [4.78, 5) is 22.8. The molecule has 0 spiro atoms. The van der Waals surface area contributed by atoms with Crippen LogP contribution in [0.15, 0.2) is 54.6 Å². The Morgan fingerprint density at radius 3 is 2.52 bits per heavy atom. The van der Waals surface area contributed by atoms with Crippen LogP contribution in [0.1, 0.15) is 12.5 Å². The minimum absolute atomic E-state index is 0.0181. The number of fused-ring (bicyclic) bond motifs is 1. The Labute approximate surface area is 134 Å². The molecule has 0 saturated carbocycles. The number of carbonyl (C=O) groups excluding carboxylic acids is 2. The van der Waals surface area contributed by atoms with Crippen molar-refractivity contribution in [2.24, 2.45) is 0 Å².